The Balaban J connectivity index is 1.93. The summed E-state index contributed by atoms with van der Waals surface area (Å²) >= 11 is 0. The molecule has 0 saturated carbocycles. The molecule has 1 amide bonds. The van der Waals surface area contributed by atoms with Crippen LogP contribution in [0, 0.1) is 11.8 Å². The zero-order valence-corrected chi connectivity index (χ0v) is 13.0. The normalized spacial score (nSPS) is 28.9. The maximum Gasteiger partial charge on any atom is 0.231 e. The van der Waals surface area contributed by atoms with Gasteiger partial charge in [-0.25, -0.2) is 4.99 Å². The standard InChI is InChI=1S/C15H28N4O/c1-11(2)6-8-19-7-4-5-12(10-19)13-9-14(20)18(3)15(16)17-13/h11-13H,4-10H2,1-3H3,(H2,16,17). The van der Waals surface area contributed by atoms with E-state index in [1.54, 1.807) is 7.05 Å². The Morgan fingerprint density at radius 3 is 2.85 bits per heavy atom. The van der Waals surface area contributed by atoms with Crippen LogP contribution in [0.2, 0.25) is 0 Å². The zero-order chi connectivity index (χ0) is 14.7. The number of carbonyl (C=O) groups is 1. The molecular weight excluding hydrogens is 252 g/mol. The molecule has 20 heavy (non-hydrogen) atoms. The third-order valence-electron chi connectivity index (χ3n) is 4.51. The Morgan fingerprint density at radius 1 is 1.45 bits per heavy atom. The number of amides is 1. The monoisotopic (exact) mass is 280 g/mol. The molecule has 2 aliphatic heterocycles. The smallest absolute Gasteiger partial charge is 0.231 e. The Morgan fingerprint density at radius 2 is 2.20 bits per heavy atom. The summed E-state index contributed by atoms with van der Waals surface area (Å²) < 4.78 is 0. The average Bonchev–Trinajstić information content (AvgIpc) is 2.42. The van der Waals surface area contributed by atoms with Crippen LogP contribution in [0.25, 0.3) is 0 Å². The molecule has 2 rings (SSSR count). The van der Waals surface area contributed by atoms with Gasteiger partial charge < -0.3 is 10.6 Å². The van der Waals surface area contributed by atoms with E-state index >= 15 is 0 Å². The van der Waals surface area contributed by atoms with E-state index < -0.39 is 0 Å². The molecule has 0 spiro atoms. The first kappa shape index (κ1) is 15.3. The molecule has 0 aliphatic carbocycles. The number of hydrogen-bond acceptors (Lipinski definition) is 4. The first-order valence-corrected chi connectivity index (χ1v) is 7.79. The van der Waals surface area contributed by atoms with E-state index in [9.17, 15) is 4.79 Å². The number of rotatable bonds is 4. The lowest BCUT2D eigenvalue weighted by molar-refractivity contribution is -0.127. The second kappa shape index (κ2) is 6.57. The van der Waals surface area contributed by atoms with E-state index in [1.807, 2.05) is 0 Å². The summed E-state index contributed by atoms with van der Waals surface area (Å²) in [5.41, 5.74) is 5.84. The minimum Gasteiger partial charge on any atom is -0.369 e. The summed E-state index contributed by atoms with van der Waals surface area (Å²) in [7, 11) is 1.70. The van der Waals surface area contributed by atoms with Crippen LogP contribution in [0.15, 0.2) is 4.99 Å². The van der Waals surface area contributed by atoms with Crippen molar-refractivity contribution >= 4 is 11.9 Å². The number of piperidine rings is 1. The summed E-state index contributed by atoms with van der Waals surface area (Å²) in [6, 6.07) is 0.0838. The van der Waals surface area contributed by atoms with Gasteiger partial charge in [0, 0.05) is 13.6 Å². The predicted octanol–water partition coefficient (Wildman–Crippen LogP) is 1.29. The SMILES string of the molecule is CC(C)CCN1CCCC(C2CC(=O)N(C)C(N)=N2)C1. The van der Waals surface area contributed by atoms with Crippen molar-refractivity contribution in [2.75, 3.05) is 26.7 Å². The van der Waals surface area contributed by atoms with E-state index in [1.165, 1.54) is 24.3 Å². The molecule has 5 heteroatoms. The van der Waals surface area contributed by atoms with Crippen molar-refractivity contribution in [2.45, 2.75) is 45.6 Å². The molecule has 0 aromatic rings. The van der Waals surface area contributed by atoms with Crippen LogP contribution in [0.5, 0.6) is 0 Å². The van der Waals surface area contributed by atoms with Crippen LogP contribution < -0.4 is 5.73 Å². The van der Waals surface area contributed by atoms with E-state index in [0.717, 1.165) is 25.4 Å². The molecule has 2 N–H and O–H groups in total. The third kappa shape index (κ3) is 3.72. The highest BCUT2D eigenvalue weighted by molar-refractivity contribution is 5.98. The Hall–Kier alpha value is -1.10. The third-order valence-corrected chi connectivity index (χ3v) is 4.51. The van der Waals surface area contributed by atoms with Crippen molar-refractivity contribution < 1.29 is 4.79 Å². The lowest BCUT2D eigenvalue weighted by Gasteiger charge is -2.37. The maximum atomic E-state index is 11.9. The first-order chi connectivity index (χ1) is 9.47. The number of hydrogen-bond donors (Lipinski definition) is 1. The Labute approximate surface area is 122 Å². The van der Waals surface area contributed by atoms with Gasteiger partial charge in [0.15, 0.2) is 5.96 Å². The average molecular weight is 280 g/mol. The number of nitrogens with two attached hydrogens (primary N) is 1. The first-order valence-electron chi connectivity index (χ1n) is 7.79. The van der Waals surface area contributed by atoms with E-state index in [-0.39, 0.29) is 11.9 Å². The molecule has 0 aromatic heterocycles. The minimum absolute atomic E-state index is 0.0838. The molecule has 2 heterocycles. The molecule has 1 saturated heterocycles. The van der Waals surface area contributed by atoms with Crippen molar-refractivity contribution in [1.29, 1.82) is 0 Å². The molecule has 0 aromatic carbocycles. The van der Waals surface area contributed by atoms with Crippen molar-refractivity contribution in [3.05, 3.63) is 0 Å². The number of guanidine groups is 1. The van der Waals surface area contributed by atoms with Crippen LogP contribution in [-0.2, 0) is 4.79 Å². The highest BCUT2D eigenvalue weighted by Gasteiger charge is 2.33. The molecular formula is C15H28N4O. The Kier molecular flexibility index (Phi) is 5.02. The predicted molar refractivity (Wildman–Crippen MR) is 81.4 cm³/mol. The quantitative estimate of drug-likeness (QED) is 0.844. The Bertz CT molecular complexity index is 380. The van der Waals surface area contributed by atoms with Gasteiger partial charge in [0.05, 0.1) is 12.5 Å². The largest absolute Gasteiger partial charge is 0.369 e. The maximum absolute atomic E-state index is 11.9. The zero-order valence-electron chi connectivity index (χ0n) is 13.0. The molecule has 2 atom stereocenters. The van der Waals surface area contributed by atoms with Crippen LogP contribution in [-0.4, -0.2) is 54.4 Å². The summed E-state index contributed by atoms with van der Waals surface area (Å²) in [6.07, 6.45) is 4.12. The van der Waals surface area contributed by atoms with Crippen molar-refractivity contribution in [3.8, 4) is 0 Å². The van der Waals surface area contributed by atoms with Gasteiger partial charge in [-0.15, -0.1) is 0 Å². The minimum atomic E-state index is 0.0838. The van der Waals surface area contributed by atoms with Gasteiger partial charge in [-0.3, -0.25) is 9.69 Å². The van der Waals surface area contributed by atoms with Crippen LogP contribution in [0.1, 0.15) is 39.5 Å². The van der Waals surface area contributed by atoms with E-state index in [0.29, 0.717) is 18.3 Å². The van der Waals surface area contributed by atoms with Crippen molar-refractivity contribution in [1.82, 2.24) is 9.80 Å². The molecule has 2 unspecified atom stereocenters. The second-order valence-electron chi connectivity index (χ2n) is 6.60. The fourth-order valence-electron chi connectivity index (χ4n) is 3.07. The van der Waals surface area contributed by atoms with Crippen LogP contribution >= 0.6 is 0 Å². The topological polar surface area (TPSA) is 61.9 Å². The van der Waals surface area contributed by atoms with Gasteiger partial charge >= 0.3 is 0 Å². The molecule has 114 valence electrons. The van der Waals surface area contributed by atoms with E-state index in [4.69, 9.17) is 5.73 Å². The van der Waals surface area contributed by atoms with Gasteiger partial charge in [0.2, 0.25) is 5.91 Å². The lowest BCUT2D eigenvalue weighted by Crippen LogP contribution is -2.49. The molecule has 5 nitrogen and oxygen atoms in total. The molecule has 1 fully saturated rings. The fourth-order valence-corrected chi connectivity index (χ4v) is 3.07. The summed E-state index contributed by atoms with van der Waals surface area (Å²) in [4.78, 5) is 20.4. The summed E-state index contributed by atoms with van der Waals surface area (Å²) in [5.74, 6) is 1.70. The van der Waals surface area contributed by atoms with Crippen LogP contribution in [0.3, 0.4) is 0 Å². The molecule has 0 radical (unpaired) electrons. The van der Waals surface area contributed by atoms with Gasteiger partial charge in [0.1, 0.15) is 0 Å². The fraction of sp³-hybridized carbons (Fsp3) is 0.867. The summed E-state index contributed by atoms with van der Waals surface area (Å²) in [5, 5.41) is 0. The van der Waals surface area contributed by atoms with Crippen LogP contribution in [0.4, 0.5) is 0 Å². The number of nitrogens with zero attached hydrogens (tertiary/aromatic N) is 3. The number of aliphatic imine (C=N–C) groups is 1. The number of carbonyl (C=O) groups excluding carboxylic acids is 1. The van der Waals surface area contributed by atoms with Crippen molar-refractivity contribution in [2.24, 2.45) is 22.6 Å². The second-order valence-corrected chi connectivity index (χ2v) is 6.60. The van der Waals surface area contributed by atoms with Gasteiger partial charge in [0.25, 0.3) is 0 Å². The number of likely N-dealkylation sites (tertiary alicyclic amines) is 1. The highest BCUT2D eigenvalue weighted by atomic mass is 16.2. The van der Waals surface area contributed by atoms with Gasteiger partial charge in [-0.05, 0) is 44.2 Å². The molecule has 0 bridgehead atoms. The summed E-state index contributed by atoms with van der Waals surface area (Å²) in [6.45, 7) is 7.94. The lowest BCUT2D eigenvalue weighted by atomic mass is 9.88. The highest BCUT2D eigenvalue weighted by Crippen LogP contribution is 2.26. The molecule has 2 aliphatic rings. The van der Waals surface area contributed by atoms with Gasteiger partial charge in [-0.1, -0.05) is 13.8 Å². The van der Waals surface area contributed by atoms with E-state index in [2.05, 4.69) is 23.7 Å². The van der Waals surface area contributed by atoms with Gasteiger partial charge in [-0.2, -0.15) is 0 Å². The van der Waals surface area contributed by atoms with Crippen molar-refractivity contribution in [3.63, 3.8) is 0 Å².